The molecule has 0 saturated heterocycles. The minimum atomic E-state index is -0.498. The summed E-state index contributed by atoms with van der Waals surface area (Å²) in [4.78, 5) is 22.1. The van der Waals surface area contributed by atoms with E-state index in [0.29, 0.717) is 18.8 Å². The maximum Gasteiger partial charge on any atom is 0.293 e. The van der Waals surface area contributed by atoms with Crippen molar-refractivity contribution in [3.05, 3.63) is 33.9 Å². The van der Waals surface area contributed by atoms with Crippen LogP contribution in [-0.2, 0) is 4.74 Å². The smallest absolute Gasteiger partial charge is 0.293 e. The van der Waals surface area contributed by atoms with Gasteiger partial charge in [-0.2, -0.15) is 0 Å². The molecule has 0 heterocycles. The van der Waals surface area contributed by atoms with Crippen LogP contribution >= 0.6 is 0 Å². The van der Waals surface area contributed by atoms with Gasteiger partial charge in [0.05, 0.1) is 4.92 Å². The third-order valence-electron chi connectivity index (χ3n) is 2.81. The van der Waals surface area contributed by atoms with Crippen LogP contribution in [0.5, 0.6) is 0 Å². The van der Waals surface area contributed by atoms with Crippen molar-refractivity contribution in [1.82, 2.24) is 5.32 Å². The van der Waals surface area contributed by atoms with Crippen molar-refractivity contribution in [1.29, 1.82) is 0 Å². The molecule has 0 atom stereocenters. The first-order chi connectivity index (χ1) is 10.1. The van der Waals surface area contributed by atoms with Crippen molar-refractivity contribution in [3.8, 4) is 0 Å². The maximum absolute atomic E-state index is 11.5. The third kappa shape index (κ3) is 5.39. The number of anilines is 1. The van der Waals surface area contributed by atoms with Gasteiger partial charge in [-0.15, -0.1) is 0 Å². The topological polar surface area (TPSA) is 93.5 Å². The zero-order valence-electron chi connectivity index (χ0n) is 12.3. The van der Waals surface area contributed by atoms with Crippen LogP contribution in [0.15, 0.2) is 18.2 Å². The van der Waals surface area contributed by atoms with Crippen molar-refractivity contribution in [3.63, 3.8) is 0 Å². The summed E-state index contributed by atoms with van der Waals surface area (Å²) < 4.78 is 5.34. The summed E-state index contributed by atoms with van der Waals surface area (Å²) in [6.45, 7) is 3.95. The molecule has 1 aromatic rings. The van der Waals surface area contributed by atoms with Gasteiger partial charge in [-0.05, 0) is 25.0 Å². The molecule has 0 aromatic heterocycles. The Balaban J connectivity index is 2.65. The first-order valence-corrected chi connectivity index (χ1v) is 6.92. The van der Waals surface area contributed by atoms with Gasteiger partial charge in [0.15, 0.2) is 0 Å². The monoisotopic (exact) mass is 295 g/mol. The maximum atomic E-state index is 11.5. The molecule has 0 aliphatic carbocycles. The number of nitrogens with one attached hydrogen (secondary N) is 2. The molecule has 0 fully saturated rings. The summed E-state index contributed by atoms with van der Waals surface area (Å²) in [5.41, 5.74) is 0.565. The summed E-state index contributed by atoms with van der Waals surface area (Å²) in [5, 5.41) is 16.5. The Morgan fingerprint density at radius 1 is 1.38 bits per heavy atom. The zero-order chi connectivity index (χ0) is 15.7. The molecular formula is C14H21N3O4. The molecule has 2 N–H and O–H groups in total. The quantitative estimate of drug-likeness (QED) is 0.414. The van der Waals surface area contributed by atoms with E-state index in [1.54, 1.807) is 12.1 Å². The summed E-state index contributed by atoms with van der Waals surface area (Å²) in [6, 6.07) is 4.38. The summed E-state index contributed by atoms with van der Waals surface area (Å²) in [5.74, 6) is -0.349. The molecule has 7 nitrogen and oxygen atoms in total. The molecular weight excluding hydrogens is 274 g/mol. The van der Waals surface area contributed by atoms with E-state index in [2.05, 4.69) is 10.6 Å². The molecule has 0 radical (unpaired) electrons. The van der Waals surface area contributed by atoms with Crippen LogP contribution in [0.4, 0.5) is 11.4 Å². The van der Waals surface area contributed by atoms with E-state index < -0.39 is 4.92 Å². The predicted molar refractivity (Wildman–Crippen MR) is 80.7 cm³/mol. The minimum Gasteiger partial charge on any atom is -0.381 e. The van der Waals surface area contributed by atoms with E-state index in [1.165, 1.54) is 13.1 Å². The second-order valence-corrected chi connectivity index (χ2v) is 4.46. The average molecular weight is 295 g/mol. The molecule has 1 rings (SSSR count). The molecule has 0 saturated carbocycles. The fourth-order valence-corrected chi connectivity index (χ4v) is 1.76. The van der Waals surface area contributed by atoms with E-state index in [4.69, 9.17) is 4.74 Å². The predicted octanol–water partition coefficient (Wildman–Crippen LogP) is 2.18. The Hall–Kier alpha value is -2.15. The Bertz CT molecular complexity index is 491. The molecule has 0 unspecified atom stereocenters. The van der Waals surface area contributed by atoms with Crippen molar-refractivity contribution in [2.75, 3.05) is 32.1 Å². The number of hydrogen-bond donors (Lipinski definition) is 2. The molecule has 1 aromatic carbocycles. The van der Waals surface area contributed by atoms with Crippen LogP contribution in [0, 0.1) is 10.1 Å². The number of ether oxygens (including phenoxy) is 1. The average Bonchev–Trinajstić information content (AvgIpc) is 2.49. The van der Waals surface area contributed by atoms with Gasteiger partial charge in [0.2, 0.25) is 0 Å². The lowest BCUT2D eigenvalue weighted by Crippen LogP contribution is -2.18. The van der Waals surface area contributed by atoms with Crippen molar-refractivity contribution >= 4 is 17.3 Å². The highest BCUT2D eigenvalue weighted by molar-refractivity contribution is 5.95. The summed E-state index contributed by atoms with van der Waals surface area (Å²) in [7, 11) is 1.48. The number of hydrogen-bond acceptors (Lipinski definition) is 5. The Kier molecular flexibility index (Phi) is 7.17. The molecule has 0 bridgehead atoms. The van der Waals surface area contributed by atoms with Gasteiger partial charge in [0, 0.05) is 38.4 Å². The molecule has 21 heavy (non-hydrogen) atoms. The van der Waals surface area contributed by atoms with Crippen LogP contribution in [0.3, 0.4) is 0 Å². The van der Waals surface area contributed by atoms with Crippen LogP contribution in [0.1, 0.15) is 30.1 Å². The van der Waals surface area contributed by atoms with Gasteiger partial charge in [0.25, 0.3) is 11.6 Å². The van der Waals surface area contributed by atoms with Gasteiger partial charge in [0.1, 0.15) is 5.69 Å². The van der Waals surface area contributed by atoms with Gasteiger partial charge < -0.3 is 15.4 Å². The number of nitro benzene ring substituents is 1. The SMILES string of the molecule is CCCOCCCNc1ccc(C(=O)NC)cc1[N+](=O)[O-]. The van der Waals surface area contributed by atoms with E-state index in [-0.39, 0.29) is 17.2 Å². The molecule has 1 amide bonds. The van der Waals surface area contributed by atoms with Gasteiger partial charge >= 0.3 is 0 Å². The largest absolute Gasteiger partial charge is 0.381 e. The van der Waals surface area contributed by atoms with Gasteiger partial charge in [-0.3, -0.25) is 14.9 Å². The van der Waals surface area contributed by atoms with E-state index in [9.17, 15) is 14.9 Å². The van der Waals surface area contributed by atoms with E-state index >= 15 is 0 Å². The Labute approximate surface area is 123 Å². The number of nitrogens with zero attached hydrogens (tertiary/aromatic N) is 1. The zero-order valence-corrected chi connectivity index (χ0v) is 12.3. The highest BCUT2D eigenvalue weighted by atomic mass is 16.6. The highest BCUT2D eigenvalue weighted by Crippen LogP contribution is 2.25. The molecule has 7 heteroatoms. The van der Waals surface area contributed by atoms with Crippen LogP contribution in [0.2, 0.25) is 0 Å². The van der Waals surface area contributed by atoms with E-state index in [0.717, 1.165) is 19.4 Å². The second-order valence-electron chi connectivity index (χ2n) is 4.46. The molecule has 0 spiro atoms. The molecule has 0 aliphatic rings. The molecule has 0 aliphatic heterocycles. The van der Waals surface area contributed by atoms with Crippen molar-refractivity contribution in [2.45, 2.75) is 19.8 Å². The van der Waals surface area contributed by atoms with Crippen molar-refractivity contribution < 1.29 is 14.5 Å². The number of carbonyl (C=O) groups excluding carboxylic acids is 1. The summed E-state index contributed by atoms with van der Waals surface area (Å²) >= 11 is 0. The standard InChI is InChI=1S/C14H21N3O4/c1-3-8-21-9-4-7-16-12-6-5-11(14(18)15-2)10-13(12)17(19)20/h5-6,10,16H,3-4,7-9H2,1-2H3,(H,15,18). The normalized spacial score (nSPS) is 10.2. The Morgan fingerprint density at radius 2 is 2.14 bits per heavy atom. The highest BCUT2D eigenvalue weighted by Gasteiger charge is 2.16. The van der Waals surface area contributed by atoms with Gasteiger partial charge in [-0.25, -0.2) is 0 Å². The van der Waals surface area contributed by atoms with E-state index in [1.807, 2.05) is 6.92 Å². The fourth-order valence-electron chi connectivity index (χ4n) is 1.76. The lowest BCUT2D eigenvalue weighted by atomic mass is 10.1. The third-order valence-corrected chi connectivity index (χ3v) is 2.81. The lowest BCUT2D eigenvalue weighted by Gasteiger charge is -2.08. The minimum absolute atomic E-state index is 0.106. The lowest BCUT2D eigenvalue weighted by molar-refractivity contribution is -0.384. The first-order valence-electron chi connectivity index (χ1n) is 6.92. The van der Waals surface area contributed by atoms with Crippen LogP contribution in [0.25, 0.3) is 0 Å². The molecule has 116 valence electrons. The number of amides is 1. The second kappa shape index (κ2) is 8.91. The number of nitro groups is 1. The fraction of sp³-hybridized carbons (Fsp3) is 0.500. The summed E-state index contributed by atoms with van der Waals surface area (Å²) in [6.07, 6.45) is 1.73. The van der Waals surface area contributed by atoms with Gasteiger partial charge in [-0.1, -0.05) is 6.92 Å². The number of carbonyl (C=O) groups is 1. The van der Waals surface area contributed by atoms with Crippen LogP contribution < -0.4 is 10.6 Å². The first kappa shape index (κ1) is 16.9. The number of rotatable bonds is 9. The van der Waals surface area contributed by atoms with Crippen molar-refractivity contribution in [2.24, 2.45) is 0 Å². The number of benzene rings is 1. The van der Waals surface area contributed by atoms with Crippen LogP contribution in [-0.4, -0.2) is 37.6 Å². The Morgan fingerprint density at radius 3 is 2.76 bits per heavy atom.